The molecule has 0 aliphatic heterocycles. The summed E-state index contributed by atoms with van der Waals surface area (Å²) in [7, 11) is 0. The van der Waals surface area contributed by atoms with Crippen LogP contribution in [0, 0.1) is 0 Å². The Morgan fingerprint density at radius 2 is 1.42 bits per heavy atom. The molecule has 3 rings (SSSR count). The van der Waals surface area contributed by atoms with Crippen LogP contribution >= 0.6 is 0 Å². The molecule has 2 aromatic rings. The number of carbonyl (C=O) groups excluding carboxylic acids is 1. The van der Waals surface area contributed by atoms with Gasteiger partial charge in [0.15, 0.2) is 5.78 Å². The predicted octanol–water partition coefficient (Wildman–Crippen LogP) is 4.09. The zero-order valence-corrected chi connectivity index (χ0v) is 10.5. The van der Waals surface area contributed by atoms with Gasteiger partial charge in [-0.25, -0.2) is 0 Å². The van der Waals surface area contributed by atoms with Gasteiger partial charge in [-0.15, -0.1) is 0 Å². The fraction of sp³-hybridized carbons (Fsp3) is 0.188. The average Bonchev–Trinajstić information content (AvgIpc) is 3.07. The van der Waals surface area contributed by atoms with Gasteiger partial charge in [0.05, 0.1) is 12.5 Å². The van der Waals surface area contributed by atoms with E-state index in [1.54, 1.807) is 12.5 Å². The van der Waals surface area contributed by atoms with Crippen molar-refractivity contribution in [2.24, 2.45) is 0 Å². The summed E-state index contributed by atoms with van der Waals surface area (Å²) in [5.41, 5.74) is 1.61. The van der Waals surface area contributed by atoms with Crippen LogP contribution in [0.2, 0.25) is 0 Å². The minimum absolute atomic E-state index is 0.0963. The van der Waals surface area contributed by atoms with Crippen molar-refractivity contribution in [3.63, 3.8) is 0 Å². The summed E-state index contributed by atoms with van der Waals surface area (Å²) >= 11 is 0. The lowest BCUT2D eigenvalue weighted by atomic mass is 9.88. The Labute approximate surface area is 111 Å². The third-order valence-electron chi connectivity index (χ3n) is 3.19. The molecule has 1 aliphatic carbocycles. The quantitative estimate of drug-likeness (QED) is 0.758. The van der Waals surface area contributed by atoms with Gasteiger partial charge in [0.2, 0.25) is 0 Å². The molecule has 0 aromatic carbocycles. The molecule has 2 heterocycles. The number of Topliss-reactive ketones (excluding diaryl/α,β-unsaturated/α-hetero) is 1. The Morgan fingerprint density at radius 1 is 0.895 bits per heavy atom. The molecule has 2 aromatic heterocycles. The fourth-order valence-electron chi connectivity index (χ4n) is 2.27. The monoisotopic (exact) mass is 254 g/mol. The smallest absolute Gasteiger partial charge is 0.185 e. The molecular formula is C16H14O3. The Morgan fingerprint density at radius 3 is 1.84 bits per heavy atom. The molecule has 1 aliphatic rings. The summed E-state index contributed by atoms with van der Waals surface area (Å²) in [4.78, 5) is 12.4. The van der Waals surface area contributed by atoms with Crippen molar-refractivity contribution in [3.05, 3.63) is 59.5 Å². The van der Waals surface area contributed by atoms with E-state index in [1.165, 1.54) is 0 Å². The van der Waals surface area contributed by atoms with Crippen LogP contribution in [0.15, 0.2) is 56.8 Å². The third-order valence-corrected chi connectivity index (χ3v) is 3.19. The fourth-order valence-corrected chi connectivity index (χ4v) is 2.27. The van der Waals surface area contributed by atoms with Crippen LogP contribution < -0.4 is 0 Å². The third kappa shape index (κ3) is 2.60. The second kappa shape index (κ2) is 5.14. The first-order valence-electron chi connectivity index (χ1n) is 6.36. The summed E-state index contributed by atoms with van der Waals surface area (Å²) < 4.78 is 10.5. The van der Waals surface area contributed by atoms with E-state index in [2.05, 4.69) is 0 Å². The van der Waals surface area contributed by atoms with Crippen LogP contribution in [0.25, 0.3) is 12.2 Å². The highest BCUT2D eigenvalue weighted by Crippen LogP contribution is 2.28. The van der Waals surface area contributed by atoms with Crippen molar-refractivity contribution in [2.45, 2.75) is 19.3 Å². The number of ketones is 1. The van der Waals surface area contributed by atoms with Crippen molar-refractivity contribution in [2.75, 3.05) is 0 Å². The van der Waals surface area contributed by atoms with E-state index in [0.29, 0.717) is 0 Å². The molecule has 1 saturated carbocycles. The largest absolute Gasteiger partial charge is 0.465 e. The van der Waals surface area contributed by atoms with Gasteiger partial charge in [-0.05, 0) is 55.7 Å². The zero-order chi connectivity index (χ0) is 13.1. The second-order valence-electron chi connectivity index (χ2n) is 4.55. The molecule has 1 fully saturated rings. The molecule has 0 bridgehead atoms. The molecule has 0 radical (unpaired) electrons. The topological polar surface area (TPSA) is 43.4 Å². The summed E-state index contributed by atoms with van der Waals surface area (Å²) in [6.07, 6.45) is 9.46. The maximum absolute atomic E-state index is 12.4. The first-order chi connectivity index (χ1) is 9.33. The Hall–Kier alpha value is -2.29. The van der Waals surface area contributed by atoms with Crippen LogP contribution in [0.1, 0.15) is 30.8 Å². The molecule has 3 nitrogen and oxygen atoms in total. The number of hydrogen-bond donors (Lipinski definition) is 0. The highest BCUT2D eigenvalue weighted by molar-refractivity contribution is 6.13. The highest BCUT2D eigenvalue weighted by atomic mass is 16.3. The predicted molar refractivity (Wildman–Crippen MR) is 72.2 cm³/mol. The van der Waals surface area contributed by atoms with E-state index >= 15 is 0 Å². The normalized spacial score (nSPS) is 20.3. The molecule has 0 spiro atoms. The lowest BCUT2D eigenvalue weighted by Crippen LogP contribution is -2.12. The minimum atomic E-state index is 0.0963. The van der Waals surface area contributed by atoms with Gasteiger partial charge in [-0.1, -0.05) is 0 Å². The molecule has 0 unspecified atom stereocenters. The molecular weight excluding hydrogens is 240 g/mol. The average molecular weight is 254 g/mol. The lowest BCUT2D eigenvalue weighted by Gasteiger charge is -2.15. The maximum Gasteiger partial charge on any atom is 0.185 e. The molecule has 96 valence electrons. The van der Waals surface area contributed by atoms with Gasteiger partial charge in [0.1, 0.15) is 11.5 Å². The highest BCUT2D eigenvalue weighted by Gasteiger charge is 2.21. The second-order valence-corrected chi connectivity index (χ2v) is 4.55. The minimum Gasteiger partial charge on any atom is -0.465 e. The molecule has 19 heavy (non-hydrogen) atoms. The van der Waals surface area contributed by atoms with E-state index < -0.39 is 0 Å². The van der Waals surface area contributed by atoms with Crippen LogP contribution in [0.4, 0.5) is 0 Å². The van der Waals surface area contributed by atoms with Gasteiger partial charge in [0.25, 0.3) is 0 Å². The number of carbonyl (C=O) groups is 1. The van der Waals surface area contributed by atoms with Gasteiger partial charge in [0, 0.05) is 11.1 Å². The first-order valence-corrected chi connectivity index (χ1v) is 6.36. The van der Waals surface area contributed by atoms with Crippen molar-refractivity contribution in [1.29, 1.82) is 0 Å². The first kappa shape index (κ1) is 11.8. The van der Waals surface area contributed by atoms with Crippen LogP contribution in [0.3, 0.4) is 0 Å². The molecule has 0 saturated heterocycles. The number of furan rings is 2. The van der Waals surface area contributed by atoms with E-state index in [-0.39, 0.29) is 5.78 Å². The number of allylic oxidation sites excluding steroid dienone is 2. The summed E-state index contributed by atoms with van der Waals surface area (Å²) in [5.74, 6) is 1.55. The summed E-state index contributed by atoms with van der Waals surface area (Å²) in [6.45, 7) is 0. The van der Waals surface area contributed by atoms with Gasteiger partial charge >= 0.3 is 0 Å². The number of hydrogen-bond acceptors (Lipinski definition) is 3. The van der Waals surface area contributed by atoms with Gasteiger partial charge < -0.3 is 8.83 Å². The van der Waals surface area contributed by atoms with Crippen molar-refractivity contribution < 1.29 is 13.6 Å². The van der Waals surface area contributed by atoms with Crippen molar-refractivity contribution >= 4 is 17.9 Å². The summed E-state index contributed by atoms with van der Waals surface area (Å²) in [6, 6.07) is 7.34. The van der Waals surface area contributed by atoms with Gasteiger partial charge in [-0.2, -0.15) is 0 Å². The SMILES string of the molecule is O=C1/C(=C\c2ccco2)CCC/C1=C/c1ccco1. The van der Waals surface area contributed by atoms with Crippen LogP contribution in [0.5, 0.6) is 0 Å². The van der Waals surface area contributed by atoms with E-state index in [9.17, 15) is 4.79 Å². The Kier molecular flexibility index (Phi) is 3.19. The summed E-state index contributed by atoms with van der Waals surface area (Å²) in [5, 5.41) is 0. The van der Waals surface area contributed by atoms with Crippen LogP contribution in [-0.2, 0) is 4.79 Å². The molecule has 3 heteroatoms. The Balaban J connectivity index is 1.87. The molecule has 0 amide bonds. The van der Waals surface area contributed by atoms with Crippen molar-refractivity contribution in [1.82, 2.24) is 0 Å². The maximum atomic E-state index is 12.4. The van der Waals surface area contributed by atoms with E-state index in [4.69, 9.17) is 8.83 Å². The molecule has 0 atom stereocenters. The zero-order valence-electron chi connectivity index (χ0n) is 10.5. The van der Waals surface area contributed by atoms with Gasteiger partial charge in [-0.3, -0.25) is 4.79 Å². The lowest BCUT2D eigenvalue weighted by molar-refractivity contribution is -0.112. The van der Waals surface area contributed by atoms with E-state index in [0.717, 1.165) is 41.9 Å². The van der Waals surface area contributed by atoms with E-state index in [1.807, 2.05) is 36.4 Å². The number of rotatable bonds is 2. The Bertz CT molecular complexity index is 559. The standard InChI is InChI=1S/C16H14O3/c17-16-12(10-14-6-2-8-18-14)4-1-5-13(16)11-15-7-3-9-19-15/h2-3,6-11H,1,4-5H2/b12-10-,13-11-. The van der Waals surface area contributed by atoms with Crippen LogP contribution in [-0.4, -0.2) is 5.78 Å². The van der Waals surface area contributed by atoms with Crippen molar-refractivity contribution in [3.8, 4) is 0 Å². The molecule has 0 N–H and O–H groups in total.